The maximum absolute atomic E-state index is 13.1. The smallest absolute Gasteiger partial charge is 0.328 e. The lowest BCUT2D eigenvalue weighted by molar-refractivity contribution is -0.133. The number of alkyl halides is 3. The molecule has 1 heterocycles. The van der Waals surface area contributed by atoms with Crippen molar-refractivity contribution in [1.82, 2.24) is 0 Å². The Morgan fingerprint density at radius 2 is 1.84 bits per heavy atom. The van der Waals surface area contributed by atoms with Gasteiger partial charge in [0, 0.05) is 16.5 Å². The molecule has 102 valence electrons. The van der Waals surface area contributed by atoms with Gasteiger partial charge in [0.2, 0.25) is 0 Å². The summed E-state index contributed by atoms with van der Waals surface area (Å²) in [6, 6.07) is 10.1. The Balaban J connectivity index is 2.49. The highest BCUT2D eigenvalue weighted by Crippen LogP contribution is 2.42. The van der Waals surface area contributed by atoms with E-state index in [2.05, 4.69) is 0 Å². The summed E-state index contributed by atoms with van der Waals surface area (Å²) in [5.74, 6) is 0. The molecule has 0 saturated heterocycles. The fraction of sp³-hybridized carbons (Fsp3) is 0.286. The average Bonchev–Trinajstić information content (AvgIpc) is 2.73. The summed E-state index contributed by atoms with van der Waals surface area (Å²) in [5.41, 5.74) is 6.49. The van der Waals surface area contributed by atoms with Gasteiger partial charge in [0.05, 0.1) is 0 Å². The molecule has 1 atom stereocenters. The van der Waals surface area contributed by atoms with E-state index in [0.29, 0.717) is 16.9 Å². The Morgan fingerprint density at radius 1 is 1.21 bits per heavy atom. The van der Waals surface area contributed by atoms with Crippen LogP contribution in [-0.4, -0.2) is 6.04 Å². The maximum atomic E-state index is 13.1. The molecular weight excluding hydrogens is 271 g/mol. The third kappa shape index (κ3) is 3.36. The monoisotopic (exact) mass is 285 g/mol. The quantitative estimate of drug-likeness (QED) is 0.892. The van der Waals surface area contributed by atoms with Gasteiger partial charge < -0.3 is 5.73 Å². The molecule has 0 bridgehead atoms. The number of thiophene rings is 1. The van der Waals surface area contributed by atoms with Gasteiger partial charge in [-0.15, -0.1) is 11.3 Å². The third-order valence-electron chi connectivity index (χ3n) is 2.65. The number of halogens is 3. The van der Waals surface area contributed by atoms with E-state index in [1.165, 1.54) is 0 Å². The van der Waals surface area contributed by atoms with Crippen LogP contribution in [0.3, 0.4) is 0 Å². The van der Waals surface area contributed by atoms with Crippen LogP contribution in [0.4, 0.5) is 13.2 Å². The van der Waals surface area contributed by atoms with Crippen molar-refractivity contribution in [2.24, 2.45) is 5.73 Å². The second-order valence-electron chi connectivity index (χ2n) is 4.50. The molecule has 1 unspecified atom stereocenters. The normalized spacial score (nSPS) is 13.5. The first-order chi connectivity index (χ1) is 8.88. The second-order valence-corrected chi connectivity index (χ2v) is 5.64. The molecule has 0 saturated carbocycles. The minimum atomic E-state index is -4.33. The van der Waals surface area contributed by atoms with Gasteiger partial charge in [-0.3, -0.25) is 0 Å². The van der Waals surface area contributed by atoms with Crippen LogP contribution in [0.25, 0.3) is 11.1 Å². The zero-order valence-electron chi connectivity index (χ0n) is 10.4. The number of nitrogens with two attached hydrogens (primary N) is 1. The summed E-state index contributed by atoms with van der Waals surface area (Å²) in [7, 11) is 0. The van der Waals surface area contributed by atoms with Crippen molar-refractivity contribution in [1.29, 1.82) is 0 Å². The van der Waals surface area contributed by atoms with Crippen LogP contribution in [-0.2, 0) is 12.6 Å². The minimum Gasteiger partial charge on any atom is -0.328 e. The van der Waals surface area contributed by atoms with Crippen LogP contribution < -0.4 is 5.73 Å². The number of hydrogen-bond donors (Lipinski definition) is 1. The van der Waals surface area contributed by atoms with Gasteiger partial charge in [0.1, 0.15) is 4.88 Å². The van der Waals surface area contributed by atoms with E-state index in [1.54, 1.807) is 43.3 Å². The molecule has 0 radical (unpaired) electrons. The fourth-order valence-electron chi connectivity index (χ4n) is 1.90. The van der Waals surface area contributed by atoms with E-state index in [4.69, 9.17) is 5.73 Å². The van der Waals surface area contributed by atoms with Crippen molar-refractivity contribution in [2.45, 2.75) is 25.6 Å². The molecule has 2 aromatic rings. The zero-order chi connectivity index (χ0) is 14.0. The minimum absolute atomic E-state index is 0.150. The van der Waals surface area contributed by atoms with Crippen LogP contribution in [0.1, 0.15) is 16.7 Å². The van der Waals surface area contributed by atoms with Gasteiger partial charge in [0.15, 0.2) is 0 Å². The van der Waals surface area contributed by atoms with Crippen molar-refractivity contribution in [3.63, 3.8) is 0 Å². The standard InChI is InChI=1S/C14H14F3NS/c1-9(18)7-11-8-12(10-5-3-2-4-6-10)13(19-11)14(15,16)17/h2-6,8-9H,7,18H2,1H3. The highest BCUT2D eigenvalue weighted by Gasteiger charge is 2.36. The Kier molecular flexibility index (Phi) is 3.96. The summed E-state index contributed by atoms with van der Waals surface area (Å²) in [6.45, 7) is 1.79. The van der Waals surface area contributed by atoms with Gasteiger partial charge in [-0.25, -0.2) is 0 Å². The molecule has 0 amide bonds. The Morgan fingerprint density at radius 3 is 2.37 bits per heavy atom. The highest BCUT2D eigenvalue weighted by atomic mass is 32.1. The van der Waals surface area contributed by atoms with Crippen molar-refractivity contribution >= 4 is 11.3 Å². The number of rotatable bonds is 3. The third-order valence-corrected chi connectivity index (χ3v) is 3.85. The topological polar surface area (TPSA) is 26.0 Å². The number of benzene rings is 1. The average molecular weight is 285 g/mol. The molecule has 19 heavy (non-hydrogen) atoms. The highest BCUT2D eigenvalue weighted by molar-refractivity contribution is 7.12. The van der Waals surface area contributed by atoms with E-state index < -0.39 is 11.1 Å². The Hall–Kier alpha value is -1.33. The summed E-state index contributed by atoms with van der Waals surface area (Å²) in [6.07, 6.45) is -3.87. The van der Waals surface area contributed by atoms with Crippen molar-refractivity contribution < 1.29 is 13.2 Å². The second kappa shape index (κ2) is 5.35. The first-order valence-electron chi connectivity index (χ1n) is 5.89. The largest absolute Gasteiger partial charge is 0.426 e. The van der Waals surface area contributed by atoms with Gasteiger partial charge in [-0.2, -0.15) is 13.2 Å². The molecular formula is C14H14F3NS. The van der Waals surface area contributed by atoms with E-state index in [-0.39, 0.29) is 11.6 Å². The molecule has 0 aliphatic heterocycles. The van der Waals surface area contributed by atoms with Gasteiger partial charge in [0.25, 0.3) is 0 Å². The molecule has 2 N–H and O–H groups in total. The molecule has 1 aromatic carbocycles. The van der Waals surface area contributed by atoms with Crippen LogP contribution in [0, 0.1) is 0 Å². The van der Waals surface area contributed by atoms with E-state index in [9.17, 15) is 13.2 Å². The summed E-state index contributed by atoms with van der Waals surface area (Å²) in [4.78, 5) is 0.121. The van der Waals surface area contributed by atoms with Crippen molar-refractivity contribution in [3.05, 3.63) is 46.2 Å². The van der Waals surface area contributed by atoms with Crippen LogP contribution >= 0.6 is 11.3 Å². The van der Waals surface area contributed by atoms with Crippen LogP contribution in [0.5, 0.6) is 0 Å². The molecule has 0 spiro atoms. The first-order valence-corrected chi connectivity index (χ1v) is 6.70. The predicted molar refractivity (Wildman–Crippen MR) is 72.1 cm³/mol. The fourth-order valence-corrected chi connectivity index (χ4v) is 3.09. The first kappa shape index (κ1) is 14.1. The molecule has 5 heteroatoms. The molecule has 1 nitrogen and oxygen atoms in total. The van der Waals surface area contributed by atoms with Gasteiger partial charge in [-0.05, 0) is 25.0 Å². The summed E-state index contributed by atoms with van der Waals surface area (Å²) >= 11 is 0.785. The Bertz CT molecular complexity index is 544. The lowest BCUT2D eigenvalue weighted by atomic mass is 10.1. The lowest BCUT2D eigenvalue weighted by Crippen LogP contribution is -2.16. The number of hydrogen-bond acceptors (Lipinski definition) is 2. The molecule has 2 rings (SSSR count). The summed E-state index contributed by atoms with van der Waals surface area (Å²) < 4.78 is 39.2. The van der Waals surface area contributed by atoms with E-state index in [0.717, 1.165) is 11.3 Å². The summed E-state index contributed by atoms with van der Waals surface area (Å²) in [5, 5.41) is 0. The molecule has 1 aromatic heterocycles. The van der Waals surface area contributed by atoms with Crippen LogP contribution in [0.15, 0.2) is 36.4 Å². The Labute approximate surface area is 113 Å². The predicted octanol–water partition coefficient (Wildman–Crippen LogP) is 4.32. The van der Waals surface area contributed by atoms with E-state index >= 15 is 0 Å². The van der Waals surface area contributed by atoms with E-state index in [1.807, 2.05) is 0 Å². The van der Waals surface area contributed by atoms with Gasteiger partial charge in [-0.1, -0.05) is 30.3 Å². The maximum Gasteiger partial charge on any atom is 0.426 e. The lowest BCUT2D eigenvalue weighted by Gasteiger charge is -2.07. The zero-order valence-corrected chi connectivity index (χ0v) is 11.2. The van der Waals surface area contributed by atoms with Crippen LogP contribution in [0.2, 0.25) is 0 Å². The SMILES string of the molecule is CC(N)Cc1cc(-c2ccccc2)c(C(F)(F)F)s1. The van der Waals surface area contributed by atoms with Crippen molar-refractivity contribution in [3.8, 4) is 11.1 Å². The molecule has 0 aliphatic rings. The van der Waals surface area contributed by atoms with Crippen molar-refractivity contribution in [2.75, 3.05) is 0 Å². The van der Waals surface area contributed by atoms with Gasteiger partial charge >= 0.3 is 6.18 Å². The molecule has 0 aliphatic carbocycles. The molecule has 0 fully saturated rings.